The fourth-order valence-electron chi connectivity index (χ4n) is 2.87. The van der Waals surface area contributed by atoms with E-state index in [9.17, 15) is 0 Å². The molecule has 0 aliphatic rings. The number of aryl methyl sites for hydroxylation is 1. The standard InChI is InChI=1S/C16H24N2Si/c1-5-19(6-2,7-3)18-16(13-14(4)17-18)15-11-9-8-10-12-15/h8-13H,5-7H2,1-4H3. The van der Waals surface area contributed by atoms with Crippen molar-refractivity contribution < 1.29 is 0 Å². The van der Waals surface area contributed by atoms with E-state index in [1.165, 1.54) is 29.4 Å². The number of nitrogens with zero attached hydrogens (tertiary/aromatic N) is 2. The Morgan fingerprint density at radius 1 is 1.00 bits per heavy atom. The molecule has 0 unspecified atom stereocenters. The first-order chi connectivity index (χ1) is 9.16. The van der Waals surface area contributed by atoms with Gasteiger partial charge in [-0.2, -0.15) is 5.10 Å². The molecule has 2 rings (SSSR count). The largest absolute Gasteiger partial charge is 0.294 e. The molecule has 0 aliphatic carbocycles. The van der Waals surface area contributed by atoms with Crippen LogP contribution in [0.3, 0.4) is 0 Å². The topological polar surface area (TPSA) is 17.8 Å². The van der Waals surface area contributed by atoms with Gasteiger partial charge in [0.1, 0.15) is 0 Å². The van der Waals surface area contributed by atoms with Gasteiger partial charge in [-0.3, -0.25) is 4.35 Å². The van der Waals surface area contributed by atoms with Crippen LogP contribution in [0.4, 0.5) is 0 Å². The molecule has 2 aromatic rings. The van der Waals surface area contributed by atoms with E-state index in [0.717, 1.165) is 5.69 Å². The van der Waals surface area contributed by atoms with Gasteiger partial charge in [-0.15, -0.1) is 0 Å². The molecule has 0 atom stereocenters. The predicted octanol–water partition coefficient (Wildman–Crippen LogP) is 4.71. The van der Waals surface area contributed by atoms with Crippen LogP contribution >= 0.6 is 0 Å². The van der Waals surface area contributed by atoms with Crippen molar-refractivity contribution in [1.29, 1.82) is 0 Å². The van der Waals surface area contributed by atoms with Crippen LogP contribution in [-0.2, 0) is 0 Å². The van der Waals surface area contributed by atoms with E-state index < -0.39 is 8.24 Å². The van der Waals surface area contributed by atoms with E-state index >= 15 is 0 Å². The third-order valence-electron chi connectivity index (χ3n) is 4.32. The molecule has 0 radical (unpaired) electrons. The molecule has 2 nitrogen and oxygen atoms in total. The maximum absolute atomic E-state index is 4.85. The summed E-state index contributed by atoms with van der Waals surface area (Å²) in [7, 11) is -1.49. The monoisotopic (exact) mass is 272 g/mol. The van der Waals surface area contributed by atoms with Crippen LogP contribution in [0.25, 0.3) is 11.3 Å². The zero-order valence-electron chi connectivity index (χ0n) is 12.5. The fourth-order valence-corrected chi connectivity index (χ4v) is 6.35. The lowest BCUT2D eigenvalue weighted by Crippen LogP contribution is -2.42. The highest BCUT2D eigenvalue weighted by Crippen LogP contribution is 2.29. The van der Waals surface area contributed by atoms with Gasteiger partial charge in [0, 0.05) is 0 Å². The Kier molecular flexibility index (Phi) is 4.25. The Balaban J connectivity index is 2.59. The van der Waals surface area contributed by atoms with Crippen molar-refractivity contribution in [3.05, 3.63) is 42.1 Å². The Labute approximate surface area is 117 Å². The summed E-state index contributed by atoms with van der Waals surface area (Å²) in [5.74, 6) is 0. The van der Waals surface area contributed by atoms with E-state index in [1.807, 2.05) is 0 Å². The average molecular weight is 272 g/mol. The van der Waals surface area contributed by atoms with E-state index in [2.05, 4.69) is 68.4 Å². The van der Waals surface area contributed by atoms with Gasteiger partial charge in [0.2, 0.25) is 0 Å². The maximum Gasteiger partial charge on any atom is 0.185 e. The van der Waals surface area contributed by atoms with E-state index in [1.54, 1.807) is 0 Å². The zero-order chi connectivity index (χ0) is 13.9. The minimum absolute atomic E-state index is 1.13. The van der Waals surface area contributed by atoms with Crippen molar-refractivity contribution >= 4 is 8.24 Å². The molecular formula is C16H24N2Si. The first-order valence-corrected chi connectivity index (χ1v) is 9.86. The second-order valence-corrected chi connectivity index (χ2v) is 10.2. The quantitative estimate of drug-likeness (QED) is 0.721. The fraction of sp³-hybridized carbons (Fsp3) is 0.438. The van der Waals surface area contributed by atoms with Gasteiger partial charge < -0.3 is 0 Å². The van der Waals surface area contributed by atoms with E-state index in [0.29, 0.717) is 0 Å². The molecule has 0 bridgehead atoms. The van der Waals surface area contributed by atoms with Crippen LogP contribution in [0.5, 0.6) is 0 Å². The second-order valence-electron chi connectivity index (χ2n) is 5.23. The van der Waals surface area contributed by atoms with E-state index in [4.69, 9.17) is 5.10 Å². The molecule has 102 valence electrons. The normalized spacial score (nSPS) is 11.8. The number of aromatic nitrogens is 2. The molecule has 0 N–H and O–H groups in total. The van der Waals surface area contributed by atoms with Crippen molar-refractivity contribution in [2.45, 2.75) is 45.8 Å². The summed E-state index contributed by atoms with van der Waals surface area (Å²) in [6, 6.07) is 16.6. The van der Waals surface area contributed by atoms with Gasteiger partial charge in [-0.05, 0) is 36.7 Å². The molecule has 0 spiro atoms. The number of rotatable bonds is 5. The van der Waals surface area contributed by atoms with Gasteiger partial charge in [-0.1, -0.05) is 51.1 Å². The highest BCUT2D eigenvalue weighted by atomic mass is 28.3. The number of benzene rings is 1. The summed E-state index contributed by atoms with van der Waals surface area (Å²) < 4.78 is 2.40. The first kappa shape index (κ1) is 14.1. The molecule has 0 saturated heterocycles. The van der Waals surface area contributed by atoms with Gasteiger partial charge in [-0.25, -0.2) is 0 Å². The van der Waals surface area contributed by atoms with Crippen molar-refractivity contribution in [2.75, 3.05) is 0 Å². The summed E-state index contributed by atoms with van der Waals surface area (Å²) in [4.78, 5) is 0. The van der Waals surface area contributed by atoms with Crippen LogP contribution in [0.1, 0.15) is 26.5 Å². The second kappa shape index (κ2) is 5.74. The van der Waals surface area contributed by atoms with Crippen molar-refractivity contribution in [3.63, 3.8) is 0 Å². The molecule has 1 heterocycles. The minimum Gasteiger partial charge on any atom is -0.294 e. The average Bonchev–Trinajstić information content (AvgIpc) is 2.85. The summed E-state index contributed by atoms with van der Waals surface area (Å²) >= 11 is 0. The molecule has 0 amide bonds. The lowest BCUT2D eigenvalue weighted by atomic mass is 10.1. The molecule has 19 heavy (non-hydrogen) atoms. The van der Waals surface area contributed by atoms with Crippen LogP contribution in [-0.4, -0.2) is 17.7 Å². The SMILES string of the molecule is CC[Si](CC)(CC)n1nc(C)cc1-c1ccccc1. The maximum atomic E-state index is 4.85. The highest BCUT2D eigenvalue weighted by Gasteiger charge is 2.33. The third-order valence-corrected chi connectivity index (χ3v) is 9.51. The zero-order valence-corrected chi connectivity index (χ0v) is 13.5. The third kappa shape index (κ3) is 2.52. The molecule has 3 heteroatoms. The molecule has 0 aliphatic heterocycles. The molecule has 0 fully saturated rings. The van der Waals surface area contributed by atoms with Gasteiger partial charge in [0.15, 0.2) is 8.24 Å². The Morgan fingerprint density at radius 2 is 1.58 bits per heavy atom. The number of hydrogen-bond acceptors (Lipinski definition) is 1. The van der Waals surface area contributed by atoms with Gasteiger partial charge >= 0.3 is 0 Å². The summed E-state index contributed by atoms with van der Waals surface area (Å²) in [6.45, 7) is 9.07. The minimum atomic E-state index is -1.49. The molecule has 0 saturated carbocycles. The Bertz CT molecular complexity index is 519. The van der Waals surface area contributed by atoms with Crippen LogP contribution < -0.4 is 0 Å². The van der Waals surface area contributed by atoms with Gasteiger partial charge in [0.05, 0.1) is 11.4 Å². The highest BCUT2D eigenvalue weighted by molar-refractivity contribution is 6.78. The first-order valence-electron chi connectivity index (χ1n) is 7.29. The number of hydrogen-bond donors (Lipinski definition) is 0. The lowest BCUT2D eigenvalue weighted by Gasteiger charge is -2.30. The van der Waals surface area contributed by atoms with Crippen molar-refractivity contribution in [3.8, 4) is 11.3 Å². The summed E-state index contributed by atoms with van der Waals surface area (Å²) in [6.07, 6.45) is 0. The van der Waals surface area contributed by atoms with Crippen LogP contribution in [0.15, 0.2) is 36.4 Å². The smallest absolute Gasteiger partial charge is 0.185 e. The predicted molar refractivity (Wildman–Crippen MR) is 85.0 cm³/mol. The molecular weight excluding hydrogens is 248 g/mol. The summed E-state index contributed by atoms with van der Waals surface area (Å²) in [5.41, 5.74) is 3.72. The van der Waals surface area contributed by atoms with Crippen LogP contribution in [0.2, 0.25) is 18.1 Å². The molecule has 1 aromatic heterocycles. The van der Waals surface area contributed by atoms with Crippen molar-refractivity contribution in [2.24, 2.45) is 0 Å². The molecule has 1 aromatic carbocycles. The Morgan fingerprint density at radius 3 is 2.11 bits per heavy atom. The van der Waals surface area contributed by atoms with Gasteiger partial charge in [0.25, 0.3) is 0 Å². The Hall–Kier alpha value is -1.35. The summed E-state index contributed by atoms with van der Waals surface area (Å²) in [5, 5.41) is 4.85. The van der Waals surface area contributed by atoms with Crippen molar-refractivity contribution in [1.82, 2.24) is 9.45 Å². The lowest BCUT2D eigenvalue weighted by molar-refractivity contribution is 0.869. The van der Waals surface area contributed by atoms with Crippen LogP contribution in [0, 0.1) is 6.92 Å². The van der Waals surface area contributed by atoms with E-state index in [-0.39, 0.29) is 0 Å².